The van der Waals surface area contributed by atoms with Gasteiger partial charge in [-0.1, -0.05) is 0 Å². The van der Waals surface area contributed by atoms with Gasteiger partial charge in [0.05, 0.1) is 27.4 Å². The van der Waals surface area contributed by atoms with E-state index in [1.807, 2.05) is 25.1 Å². The average Bonchev–Trinajstić information content (AvgIpc) is 2.85. The number of amides is 2. The number of rotatable bonds is 4. The van der Waals surface area contributed by atoms with Crippen molar-refractivity contribution in [2.45, 2.75) is 33.0 Å². The van der Waals surface area contributed by atoms with Crippen LogP contribution in [0.4, 0.5) is 10.5 Å². The van der Waals surface area contributed by atoms with Gasteiger partial charge in [-0.3, -0.25) is 4.90 Å². The molecule has 0 bridgehead atoms. The number of thiazole rings is 1. The van der Waals surface area contributed by atoms with E-state index in [0.717, 1.165) is 40.5 Å². The summed E-state index contributed by atoms with van der Waals surface area (Å²) in [5.74, 6) is 0. The molecule has 0 spiro atoms. The Balaban J connectivity index is 1.46. The molecule has 1 aliphatic rings. The molecule has 1 aromatic carbocycles. The van der Waals surface area contributed by atoms with Crippen LogP contribution in [0, 0.1) is 6.92 Å². The molecule has 1 saturated heterocycles. The summed E-state index contributed by atoms with van der Waals surface area (Å²) in [5.41, 5.74) is 1.76. The van der Waals surface area contributed by atoms with Gasteiger partial charge in [-0.05, 0) is 39.0 Å². The highest BCUT2D eigenvalue weighted by molar-refractivity contribution is 7.18. The number of carbonyl (C=O) groups excluding carboxylic acids is 1. The maximum atomic E-state index is 12.0. The van der Waals surface area contributed by atoms with E-state index in [1.54, 1.807) is 11.3 Å². The number of carbonyl (C=O) groups is 1. The van der Waals surface area contributed by atoms with Gasteiger partial charge in [0.25, 0.3) is 0 Å². The topological polar surface area (TPSA) is 66.5 Å². The van der Waals surface area contributed by atoms with Crippen LogP contribution in [-0.4, -0.2) is 54.3 Å². The second kappa shape index (κ2) is 7.46. The summed E-state index contributed by atoms with van der Waals surface area (Å²) < 4.78 is 6.80. The predicted octanol–water partition coefficient (Wildman–Crippen LogP) is 2.84. The van der Waals surface area contributed by atoms with Crippen LogP contribution in [0.3, 0.4) is 0 Å². The zero-order chi connectivity index (χ0) is 17.1. The number of aryl methyl sites for hydroxylation is 1. The number of fused-ring (bicyclic) bond motifs is 1. The summed E-state index contributed by atoms with van der Waals surface area (Å²) in [4.78, 5) is 18.8. The van der Waals surface area contributed by atoms with Crippen LogP contribution in [0.5, 0.6) is 0 Å². The summed E-state index contributed by atoms with van der Waals surface area (Å²) >= 11 is 1.63. The van der Waals surface area contributed by atoms with Crippen LogP contribution in [0.15, 0.2) is 18.2 Å². The lowest BCUT2D eigenvalue weighted by Crippen LogP contribution is -2.48. The number of hydrogen-bond acceptors (Lipinski definition) is 5. The first kappa shape index (κ1) is 17.1. The van der Waals surface area contributed by atoms with Crippen molar-refractivity contribution in [3.05, 3.63) is 23.2 Å². The third-order valence-corrected chi connectivity index (χ3v) is 4.90. The molecule has 2 amide bonds. The molecule has 2 aromatic rings. The first-order valence-corrected chi connectivity index (χ1v) is 9.11. The number of urea groups is 1. The normalized spacial score (nSPS) is 21.8. The van der Waals surface area contributed by atoms with Crippen LogP contribution in [0.2, 0.25) is 0 Å². The minimum absolute atomic E-state index is 0.176. The molecule has 7 heteroatoms. The number of aromatic nitrogens is 1. The van der Waals surface area contributed by atoms with Crippen molar-refractivity contribution >= 4 is 33.3 Å². The van der Waals surface area contributed by atoms with Crippen LogP contribution in [-0.2, 0) is 4.74 Å². The highest BCUT2D eigenvalue weighted by Gasteiger charge is 2.21. The summed E-state index contributed by atoms with van der Waals surface area (Å²) in [7, 11) is 0. The molecule has 2 N–H and O–H groups in total. The van der Waals surface area contributed by atoms with Crippen molar-refractivity contribution in [1.82, 2.24) is 15.2 Å². The molecule has 1 aliphatic heterocycles. The number of benzene rings is 1. The first-order valence-electron chi connectivity index (χ1n) is 8.29. The minimum atomic E-state index is -0.176. The number of anilines is 1. The van der Waals surface area contributed by atoms with Gasteiger partial charge < -0.3 is 15.4 Å². The molecule has 1 aromatic heterocycles. The van der Waals surface area contributed by atoms with Gasteiger partial charge in [-0.15, -0.1) is 11.3 Å². The Hall–Kier alpha value is -1.70. The van der Waals surface area contributed by atoms with Crippen molar-refractivity contribution in [3.63, 3.8) is 0 Å². The fourth-order valence-corrected chi connectivity index (χ4v) is 3.95. The third kappa shape index (κ3) is 4.43. The Bertz CT molecular complexity index is 708. The number of nitrogens with zero attached hydrogens (tertiary/aromatic N) is 2. The monoisotopic (exact) mass is 348 g/mol. The molecular formula is C17H24N4O2S. The van der Waals surface area contributed by atoms with Gasteiger partial charge >= 0.3 is 6.03 Å². The molecule has 1 fully saturated rings. The Morgan fingerprint density at radius 2 is 2.12 bits per heavy atom. The van der Waals surface area contributed by atoms with Crippen molar-refractivity contribution < 1.29 is 9.53 Å². The average molecular weight is 348 g/mol. The zero-order valence-electron chi connectivity index (χ0n) is 14.3. The predicted molar refractivity (Wildman–Crippen MR) is 97.8 cm³/mol. The summed E-state index contributed by atoms with van der Waals surface area (Å²) in [6, 6.07) is 5.60. The fourth-order valence-electron chi connectivity index (χ4n) is 3.09. The van der Waals surface area contributed by atoms with Crippen LogP contribution >= 0.6 is 11.3 Å². The third-order valence-electron chi connectivity index (χ3n) is 3.96. The van der Waals surface area contributed by atoms with E-state index in [0.29, 0.717) is 6.54 Å². The highest BCUT2D eigenvalue weighted by Crippen LogP contribution is 2.24. The Morgan fingerprint density at radius 3 is 2.88 bits per heavy atom. The maximum absolute atomic E-state index is 12.0. The Kier molecular flexibility index (Phi) is 5.33. The minimum Gasteiger partial charge on any atom is -0.373 e. The molecule has 2 unspecified atom stereocenters. The van der Waals surface area contributed by atoms with E-state index in [2.05, 4.69) is 34.4 Å². The van der Waals surface area contributed by atoms with Gasteiger partial charge in [0.15, 0.2) is 0 Å². The second-order valence-electron chi connectivity index (χ2n) is 6.31. The number of hydrogen-bond donors (Lipinski definition) is 2. The molecule has 24 heavy (non-hydrogen) atoms. The van der Waals surface area contributed by atoms with E-state index in [1.165, 1.54) is 0 Å². The molecule has 2 atom stereocenters. The van der Waals surface area contributed by atoms with Crippen molar-refractivity contribution in [2.24, 2.45) is 0 Å². The molecule has 6 nitrogen and oxygen atoms in total. The standard InChI is InChI=1S/C17H24N4O2S/c1-11-9-21(10-12(2)23-11)7-6-18-17(22)20-14-4-5-15-16(8-14)24-13(3)19-15/h4-5,8,11-12H,6-7,9-10H2,1-3H3,(H2,18,20,22). The van der Waals surface area contributed by atoms with E-state index >= 15 is 0 Å². The van der Waals surface area contributed by atoms with Gasteiger partial charge in [-0.2, -0.15) is 0 Å². The van der Waals surface area contributed by atoms with Gasteiger partial charge in [0.2, 0.25) is 0 Å². The summed E-state index contributed by atoms with van der Waals surface area (Å²) in [5, 5.41) is 6.83. The van der Waals surface area contributed by atoms with E-state index in [4.69, 9.17) is 4.74 Å². The van der Waals surface area contributed by atoms with Crippen LogP contribution in [0.25, 0.3) is 10.2 Å². The lowest BCUT2D eigenvalue weighted by atomic mass is 10.2. The molecule has 0 radical (unpaired) electrons. The van der Waals surface area contributed by atoms with Gasteiger partial charge in [0.1, 0.15) is 0 Å². The molecule has 0 aliphatic carbocycles. The quantitative estimate of drug-likeness (QED) is 0.892. The zero-order valence-corrected chi connectivity index (χ0v) is 15.2. The Labute approximate surface area is 146 Å². The highest BCUT2D eigenvalue weighted by atomic mass is 32.1. The van der Waals surface area contributed by atoms with Gasteiger partial charge in [-0.25, -0.2) is 9.78 Å². The summed E-state index contributed by atoms with van der Waals surface area (Å²) in [6.07, 6.45) is 0.495. The Morgan fingerprint density at radius 1 is 1.38 bits per heavy atom. The molecule has 2 heterocycles. The van der Waals surface area contributed by atoms with Crippen molar-refractivity contribution in [1.29, 1.82) is 0 Å². The molecular weight excluding hydrogens is 324 g/mol. The van der Waals surface area contributed by atoms with Crippen molar-refractivity contribution in [3.8, 4) is 0 Å². The van der Waals surface area contributed by atoms with E-state index in [-0.39, 0.29) is 18.2 Å². The lowest BCUT2D eigenvalue weighted by Gasteiger charge is -2.35. The molecule has 0 saturated carbocycles. The SMILES string of the molecule is Cc1nc2ccc(NC(=O)NCCN3CC(C)OC(C)C3)cc2s1. The fraction of sp³-hybridized carbons (Fsp3) is 0.529. The van der Waals surface area contributed by atoms with Gasteiger partial charge in [0, 0.05) is 31.9 Å². The number of nitrogens with one attached hydrogen (secondary N) is 2. The number of ether oxygens (including phenoxy) is 1. The van der Waals surface area contributed by atoms with Crippen LogP contribution in [0.1, 0.15) is 18.9 Å². The van der Waals surface area contributed by atoms with E-state index in [9.17, 15) is 4.79 Å². The smallest absolute Gasteiger partial charge is 0.319 e. The first-order chi connectivity index (χ1) is 11.5. The maximum Gasteiger partial charge on any atom is 0.319 e. The molecule has 130 valence electrons. The molecule has 3 rings (SSSR count). The largest absolute Gasteiger partial charge is 0.373 e. The summed E-state index contributed by atoms with van der Waals surface area (Å²) in [6.45, 7) is 9.42. The second-order valence-corrected chi connectivity index (χ2v) is 7.55. The number of morpholine rings is 1. The van der Waals surface area contributed by atoms with Crippen LogP contribution < -0.4 is 10.6 Å². The lowest BCUT2D eigenvalue weighted by molar-refractivity contribution is -0.0672. The van der Waals surface area contributed by atoms with Crippen molar-refractivity contribution in [2.75, 3.05) is 31.5 Å². The van der Waals surface area contributed by atoms with E-state index < -0.39 is 0 Å².